The third-order valence-corrected chi connectivity index (χ3v) is 3.65. The minimum atomic E-state index is -4.33. The Morgan fingerprint density at radius 1 is 1.12 bits per heavy atom. The van der Waals surface area contributed by atoms with Gasteiger partial charge in [-0.1, -0.05) is 30.3 Å². The van der Waals surface area contributed by atoms with Crippen LogP contribution in [0.15, 0.2) is 48.5 Å². The second-order valence-corrected chi connectivity index (χ2v) is 5.69. The van der Waals surface area contributed by atoms with Gasteiger partial charge in [-0.15, -0.1) is 0 Å². The third kappa shape index (κ3) is 5.09. The first-order chi connectivity index (χ1) is 11.3. The van der Waals surface area contributed by atoms with E-state index >= 15 is 0 Å². The molecule has 0 saturated carbocycles. The Hall–Kier alpha value is -2.34. The van der Waals surface area contributed by atoms with Gasteiger partial charge in [-0.2, -0.15) is 13.2 Å². The number of carboxylic acids is 1. The second-order valence-electron chi connectivity index (χ2n) is 5.69. The van der Waals surface area contributed by atoms with Gasteiger partial charge in [-0.05, 0) is 42.7 Å². The SMILES string of the molecule is CC(Cc1cccc(C(F)(F)F)c1)NCc1ccc(C(=O)O)cc1. The molecule has 0 amide bonds. The van der Waals surface area contributed by atoms with Crippen LogP contribution >= 0.6 is 0 Å². The van der Waals surface area contributed by atoms with Crippen LogP contribution in [-0.4, -0.2) is 17.1 Å². The molecule has 0 heterocycles. The summed E-state index contributed by atoms with van der Waals surface area (Å²) < 4.78 is 38.1. The molecule has 24 heavy (non-hydrogen) atoms. The van der Waals surface area contributed by atoms with E-state index in [4.69, 9.17) is 5.11 Å². The largest absolute Gasteiger partial charge is 0.478 e. The summed E-state index contributed by atoms with van der Waals surface area (Å²) >= 11 is 0. The summed E-state index contributed by atoms with van der Waals surface area (Å²) in [5.41, 5.74) is 1.11. The van der Waals surface area contributed by atoms with Gasteiger partial charge in [0, 0.05) is 12.6 Å². The topological polar surface area (TPSA) is 49.3 Å². The molecule has 0 aliphatic heterocycles. The number of hydrogen-bond donors (Lipinski definition) is 2. The highest BCUT2D eigenvalue weighted by atomic mass is 19.4. The lowest BCUT2D eigenvalue weighted by Gasteiger charge is -2.15. The Labute approximate surface area is 138 Å². The molecule has 0 spiro atoms. The zero-order valence-electron chi connectivity index (χ0n) is 13.1. The van der Waals surface area contributed by atoms with E-state index in [2.05, 4.69) is 5.32 Å². The van der Waals surface area contributed by atoms with Crippen molar-refractivity contribution < 1.29 is 23.1 Å². The molecular formula is C18H18F3NO2. The van der Waals surface area contributed by atoms with Gasteiger partial charge in [-0.25, -0.2) is 4.79 Å². The summed E-state index contributed by atoms with van der Waals surface area (Å²) in [4.78, 5) is 10.8. The molecule has 0 aromatic heterocycles. The minimum absolute atomic E-state index is 0.0207. The highest BCUT2D eigenvalue weighted by Gasteiger charge is 2.30. The Morgan fingerprint density at radius 2 is 1.79 bits per heavy atom. The molecule has 0 aliphatic rings. The summed E-state index contributed by atoms with van der Waals surface area (Å²) in [6.45, 7) is 2.41. The average molecular weight is 337 g/mol. The first-order valence-corrected chi connectivity index (χ1v) is 7.47. The van der Waals surface area contributed by atoms with E-state index in [-0.39, 0.29) is 11.6 Å². The second kappa shape index (κ2) is 7.49. The van der Waals surface area contributed by atoms with Gasteiger partial charge >= 0.3 is 12.1 Å². The number of halogens is 3. The predicted molar refractivity (Wildman–Crippen MR) is 84.9 cm³/mol. The van der Waals surface area contributed by atoms with E-state index in [0.717, 1.165) is 11.6 Å². The molecule has 2 aromatic rings. The molecule has 0 fully saturated rings. The van der Waals surface area contributed by atoms with Crippen LogP contribution in [0.1, 0.15) is 34.0 Å². The Bertz CT molecular complexity index is 696. The van der Waals surface area contributed by atoms with Crippen LogP contribution < -0.4 is 5.32 Å². The normalized spacial score (nSPS) is 12.8. The standard InChI is InChI=1S/C18H18F3NO2/c1-12(9-14-3-2-4-16(10-14)18(19,20)21)22-11-13-5-7-15(8-6-13)17(23)24/h2-8,10,12,22H,9,11H2,1H3,(H,23,24). The van der Waals surface area contributed by atoms with Crippen molar-refractivity contribution in [2.24, 2.45) is 0 Å². The lowest BCUT2D eigenvalue weighted by molar-refractivity contribution is -0.137. The Morgan fingerprint density at radius 3 is 2.38 bits per heavy atom. The average Bonchev–Trinajstić information content (AvgIpc) is 2.53. The van der Waals surface area contributed by atoms with Crippen molar-refractivity contribution >= 4 is 5.97 Å². The number of carbonyl (C=O) groups is 1. The van der Waals surface area contributed by atoms with Gasteiger partial charge in [0.25, 0.3) is 0 Å². The molecule has 2 rings (SSSR count). The van der Waals surface area contributed by atoms with Crippen LogP contribution in [0.25, 0.3) is 0 Å². The summed E-state index contributed by atoms with van der Waals surface area (Å²) in [6, 6.07) is 11.8. The zero-order valence-corrected chi connectivity index (χ0v) is 13.1. The van der Waals surface area contributed by atoms with Gasteiger partial charge in [0.15, 0.2) is 0 Å². The van der Waals surface area contributed by atoms with Crippen molar-refractivity contribution in [1.82, 2.24) is 5.32 Å². The van der Waals surface area contributed by atoms with Gasteiger partial charge in [0.2, 0.25) is 0 Å². The number of benzene rings is 2. The molecular weight excluding hydrogens is 319 g/mol. The molecule has 6 heteroatoms. The molecule has 128 valence electrons. The van der Waals surface area contributed by atoms with Crippen molar-refractivity contribution in [3.05, 3.63) is 70.8 Å². The lowest BCUT2D eigenvalue weighted by atomic mass is 10.0. The number of carboxylic acid groups (broad SMARTS) is 1. The summed E-state index contributed by atoms with van der Waals surface area (Å²) in [5.74, 6) is -0.979. The molecule has 1 unspecified atom stereocenters. The van der Waals surface area contributed by atoms with Crippen molar-refractivity contribution in [1.29, 1.82) is 0 Å². The fourth-order valence-corrected chi connectivity index (χ4v) is 2.36. The number of alkyl halides is 3. The lowest BCUT2D eigenvalue weighted by Crippen LogP contribution is -2.27. The van der Waals surface area contributed by atoms with Crippen LogP contribution in [0, 0.1) is 0 Å². The Kier molecular flexibility index (Phi) is 5.62. The monoisotopic (exact) mass is 337 g/mol. The molecule has 3 nitrogen and oxygen atoms in total. The van der Waals surface area contributed by atoms with Crippen molar-refractivity contribution in [2.45, 2.75) is 32.1 Å². The number of hydrogen-bond acceptors (Lipinski definition) is 2. The molecule has 1 atom stereocenters. The van der Waals surface area contributed by atoms with Gasteiger partial charge in [-0.3, -0.25) is 0 Å². The maximum absolute atomic E-state index is 12.7. The third-order valence-electron chi connectivity index (χ3n) is 3.65. The highest BCUT2D eigenvalue weighted by Crippen LogP contribution is 2.29. The van der Waals surface area contributed by atoms with Crippen LogP contribution in [-0.2, 0) is 19.1 Å². The maximum atomic E-state index is 12.7. The molecule has 0 radical (unpaired) electrons. The van der Waals surface area contributed by atoms with Crippen LogP contribution in [0.4, 0.5) is 13.2 Å². The summed E-state index contributed by atoms with van der Waals surface area (Å²) in [5, 5.41) is 12.1. The van der Waals surface area contributed by atoms with Crippen molar-refractivity contribution in [3.63, 3.8) is 0 Å². The van der Waals surface area contributed by atoms with Crippen molar-refractivity contribution in [3.8, 4) is 0 Å². The smallest absolute Gasteiger partial charge is 0.416 e. The number of aromatic carboxylic acids is 1. The van der Waals surface area contributed by atoms with Crippen LogP contribution in [0.5, 0.6) is 0 Å². The van der Waals surface area contributed by atoms with E-state index in [9.17, 15) is 18.0 Å². The predicted octanol–water partition coefficient (Wildman–Crippen LogP) is 4.12. The van der Waals surface area contributed by atoms with Gasteiger partial charge in [0.1, 0.15) is 0 Å². The van der Waals surface area contributed by atoms with E-state index in [1.807, 2.05) is 6.92 Å². The Balaban J connectivity index is 1.91. The van der Waals surface area contributed by atoms with Gasteiger partial charge in [0.05, 0.1) is 11.1 Å². The van der Waals surface area contributed by atoms with Crippen molar-refractivity contribution in [2.75, 3.05) is 0 Å². The minimum Gasteiger partial charge on any atom is -0.478 e. The van der Waals surface area contributed by atoms with E-state index in [0.29, 0.717) is 18.5 Å². The summed E-state index contributed by atoms with van der Waals surface area (Å²) in [6.07, 6.45) is -3.87. The van der Waals surface area contributed by atoms with Crippen LogP contribution in [0.2, 0.25) is 0 Å². The highest BCUT2D eigenvalue weighted by molar-refractivity contribution is 5.87. The zero-order chi connectivity index (χ0) is 17.7. The van der Waals surface area contributed by atoms with E-state index in [1.165, 1.54) is 24.3 Å². The molecule has 2 aromatic carbocycles. The quantitative estimate of drug-likeness (QED) is 0.833. The molecule has 0 bridgehead atoms. The maximum Gasteiger partial charge on any atom is 0.416 e. The fourth-order valence-electron chi connectivity index (χ4n) is 2.36. The fraction of sp³-hybridized carbons (Fsp3) is 0.278. The molecule has 0 aliphatic carbocycles. The van der Waals surface area contributed by atoms with Crippen LogP contribution in [0.3, 0.4) is 0 Å². The van der Waals surface area contributed by atoms with E-state index in [1.54, 1.807) is 18.2 Å². The summed E-state index contributed by atoms with van der Waals surface area (Å²) in [7, 11) is 0. The van der Waals surface area contributed by atoms with E-state index < -0.39 is 17.7 Å². The van der Waals surface area contributed by atoms with Gasteiger partial charge < -0.3 is 10.4 Å². The number of rotatable bonds is 6. The first kappa shape index (κ1) is 18.0. The molecule has 0 saturated heterocycles. The molecule has 2 N–H and O–H groups in total. The first-order valence-electron chi connectivity index (χ1n) is 7.47. The number of nitrogens with one attached hydrogen (secondary N) is 1.